The molecule has 16 heavy (non-hydrogen) atoms. The van der Waals surface area contributed by atoms with Crippen LogP contribution in [-0.4, -0.2) is 20.2 Å². The van der Waals surface area contributed by atoms with Crippen LogP contribution in [0.25, 0.3) is 0 Å². The number of rotatable bonds is 3. The second-order valence-corrected chi connectivity index (χ2v) is 4.68. The molecule has 0 aromatic heterocycles. The van der Waals surface area contributed by atoms with Crippen molar-refractivity contribution in [2.24, 2.45) is 0 Å². The van der Waals surface area contributed by atoms with Crippen LogP contribution in [0, 0.1) is 6.92 Å². The lowest BCUT2D eigenvalue weighted by atomic mass is 10.2. The standard InChI is InChI=1S/C9H9ClFNO3S/c1-6-4-7(12-9(13)5-10)2-3-8(6)16(11,14)15/h2-4H,5H2,1H3,(H,12,13). The van der Waals surface area contributed by atoms with Crippen molar-refractivity contribution in [2.75, 3.05) is 11.2 Å². The Morgan fingerprint density at radius 2 is 2.12 bits per heavy atom. The zero-order valence-electron chi connectivity index (χ0n) is 8.33. The van der Waals surface area contributed by atoms with E-state index in [0.29, 0.717) is 5.69 Å². The van der Waals surface area contributed by atoms with Gasteiger partial charge in [-0.05, 0) is 30.7 Å². The Morgan fingerprint density at radius 1 is 1.50 bits per heavy atom. The minimum atomic E-state index is -4.72. The van der Waals surface area contributed by atoms with E-state index < -0.39 is 21.0 Å². The smallest absolute Gasteiger partial charge is 0.325 e. The summed E-state index contributed by atoms with van der Waals surface area (Å²) in [5, 5.41) is 2.42. The van der Waals surface area contributed by atoms with Gasteiger partial charge in [-0.1, -0.05) is 0 Å². The molecule has 0 saturated heterocycles. The van der Waals surface area contributed by atoms with Crippen LogP contribution in [0.1, 0.15) is 5.56 Å². The maximum atomic E-state index is 12.7. The lowest BCUT2D eigenvalue weighted by Crippen LogP contribution is -2.12. The Kier molecular flexibility index (Phi) is 3.88. The molecule has 0 aliphatic carbocycles. The van der Waals surface area contributed by atoms with Crippen LogP contribution >= 0.6 is 11.6 Å². The molecule has 88 valence electrons. The lowest BCUT2D eigenvalue weighted by molar-refractivity contribution is -0.113. The van der Waals surface area contributed by atoms with Crippen molar-refractivity contribution < 1.29 is 17.1 Å². The van der Waals surface area contributed by atoms with Crippen LogP contribution < -0.4 is 5.32 Å². The first kappa shape index (κ1) is 12.9. The number of anilines is 1. The molecule has 0 fully saturated rings. The van der Waals surface area contributed by atoms with Gasteiger partial charge in [-0.2, -0.15) is 8.42 Å². The van der Waals surface area contributed by atoms with Gasteiger partial charge in [0.2, 0.25) is 5.91 Å². The Morgan fingerprint density at radius 3 is 2.56 bits per heavy atom. The summed E-state index contributed by atoms with van der Waals surface area (Å²) in [6, 6.07) is 3.75. The SMILES string of the molecule is Cc1cc(NC(=O)CCl)ccc1S(=O)(=O)F. The Labute approximate surface area is 97.6 Å². The number of alkyl halides is 1. The molecule has 1 amide bonds. The van der Waals surface area contributed by atoms with Gasteiger partial charge in [0.15, 0.2) is 0 Å². The fourth-order valence-electron chi connectivity index (χ4n) is 1.20. The number of carbonyl (C=O) groups is 1. The van der Waals surface area contributed by atoms with Gasteiger partial charge in [0.1, 0.15) is 10.8 Å². The summed E-state index contributed by atoms with van der Waals surface area (Å²) in [7, 11) is -4.72. The molecule has 0 saturated carbocycles. The molecule has 0 heterocycles. The van der Waals surface area contributed by atoms with Crippen LogP contribution in [0.3, 0.4) is 0 Å². The highest BCUT2D eigenvalue weighted by atomic mass is 35.5. The van der Waals surface area contributed by atoms with E-state index in [1.165, 1.54) is 19.1 Å². The van der Waals surface area contributed by atoms with Crippen LogP contribution in [-0.2, 0) is 15.0 Å². The van der Waals surface area contributed by atoms with Gasteiger partial charge in [0.25, 0.3) is 0 Å². The van der Waals surface area contributed by atoms with Crippen molar-refractivity contribution in [1.82, 2.24) is 0 Å². The molecule has 1 N–H and O–H groups in total. The topological polar surface area (TPSA) is 63.2 Å². The first-order valence-corrected chi connectivity index (χ1v) is 6.17. The van der Waals surface area contributed by atoms with E-state index in [9.17, 15) is 17.1 Å². The molecule has 1 rings (SSSR count). The van der Waals surface area contributed by atoms with Crippen molar-refractivity contribution in [1.29, 1.82) is 0 Å². The fourth-order valence-corrected chi connectivity index (χ4v) is 1.94. The van der Waals surface area contributed by atoms with Gasteiger partial charge >= 0.3 is 10.2 Å². The highest BCUT2D eigenvalue weighted by Gasteiger charge is 2.15. The van der Waals surface area contributed by atoms with E-state index in [2.05, 4.69) is 5.32 Å². The summed E-state index contributed by atoms with van der Waals surface area (Å²) >= 11 is 5.28. The molecular weight excluding hydrogens is 257 g/mol. The van der Waals surface area contributed by atoms with Crippen molar-refractivity contribution >= 4 is 33.4 Å². The number of carbonyl (C=O) groups excluding carboxylic acids is 1. The predicted octanol–water partition coefficient (Wildman–Crippen LogP) is 1.83. The van der Waals surface area contributed by atoms with Crippen molar-refractivity contribution in [3.8, 4) is 0 Å². The molecule has 0 spiro atoms. The highest BCUT2D eigenvalue weighted by molar-refractivity contribution is 7.86. The highest BCUT2D eigenvalue weighted by Crippen LogP contribution is 2.21. The number of halogens is 2. The third-order valence-corrected chi connectivity index (χ3v) is 3.07. The first-order chi connectivity index (χ1) is 7.34. The lowest BCUT2D eigenvalue weighted by Gasteiger charge is -2.06. The van der Waals surface area contributed by atoms with Gasteiger partial charge in [0.05, 0.1) is 0 Å². The molecule has 1 aromatic carbocycles. The zero-order valence-corrected chi connectivity index (χ0v) is 9.90. The molecule has 0 radical (unpaired) electrons. The quantitative estimate of drug-likeness (QED) is 0.670. The summed E-state index contributed by atoms with van der Waals surface area (Å²) in [5.41, 5.74) is 0.588. The van der Waals surface area contributed by atoms with E-state index >= 15 is 0 Å². The van der Waals surface area contributed by atoms with E-state index in [4.69, 9.17) is 11.6 Å². The van der Waals surface area contributed by atoms with Gasteiger partial charge in [-0.15, -0.1) is 15.5 Å². The second-order valence-electron chi connectivity index (χ2n) is 3.10. The zero-order chi connectivity index (χ0) is 12.3. The number of amides is 1. The van der Waals surface area contributed by atoms with Crippen LogP contribution in [0.4, 0.5) is 9.57 Å². The molecule has 0 bridgehead atoms. The van der Waals surface area contributed by atoms with Crippen molar-refractivity contribution in [3.05, 3.63) is 23.8 Å². The molecule has 0 aliphatic rings. The third-order valence-electron chi connectivity index (χ3n) is 1.84. The molecule has 7 heteroatoms. The van der Waals surface area contributed by atoms with Crippen LogP contribution in [0.15, 0.2) is 23.1 Å². The van der Waals surface area contributed by atoms with Crippen molar-refractivity contribution in [3.63, 3.8) is 0 Å². The van der Waals surface area contributed by atoms with E-state index in [0.717, 1.165) is 6.07 Å². The van der Waals surface area contributed by atoms with E-state index in [1.807, 2.05) is 0 Å². The summed E-state index contributed by atoms with van der Waals surface area (Å²) in [6.45, 7) is 1.43. The maximum absolute atomic E-state index is 12.7. The monoisotopic (exact) mass is 265 g/mol. The van der Waals surface area contributed by atoms with Gasteiger partial charge < -0.3 is 5.32 Å². The first-order valence-electron chi connectivity index (χ1n) is 4.25. The molecular formula is C9H9ClFNO3S. The normalized spacial score (nSPS) is 11.2. The van der Waals surface area contributed by atoms with E-state index in [1.54, 1.807) is 0 Å². The largest absolute Gasteiger partial charge is 0.332 e. The Balaban J connectivity index is 3.05. The number of hydrogen-bond acceptors (Lipinski definition) is 3. The average molecular weight is 266 g/mol. The van der Waals surface area contributed by atoms with Gasteiger partial charge in [-0.25, -0.2) is 0 Å². The fraction of sp³-hybridized carbons (Fsp3) is 0.222. The van der Waals surface area contributed by atoms with Gasteiger partial charge in [-0.3, -0.25) is 4.79 Å². The number of hydrogen-bond donors (Lipinski definition) is 1. The minimum absolute atomic E-state index is 0.206. The number of aryl methyl sites for hydroxylation is 1. The Hall–Kier alpha value is -1.14. The average Bonchev–Trinajstić information content (AvgIpc) is 2.15. The van der Waals surface area contributed by atoms with Crippen LogP contribution in [0.5, 0.6) is 0 Å². The number of benzene rings is 1. The predicted molar refractivity (Wildman–Crippen MR) is 58.8 cm³/mol. The molecule has 0 atom stereocenters. The second kappa shape index (κ2) is 4.80. The molecule has 4 nitrogen and oxygen atoms in total. The maximum Gasteiger partial charge on any atom is 0.332 e. The summed E-state index contributed by atoms with van der Waals surface area (Å²) in [6.07, 6.45) is 0. The minimum Gasteiger partial charge on any atom is -0.325 e. The number of nitrogens with one attached hydrogen (secondary N) is 1. The summed E-state index contributed by atoms with van der Waals surface area (Å²) < 4.78 is 34.0. The summed E-state index contributed by atoms with van der Waals surface area (Å²) in [4.78, 5) is 10.5. The van der Waals surface area contributed by atoms with E-state index in [-0.39, 0.29) is 11.4 Å². The third kappa shape index (κ3) is 3.18. The molecule has 0 aliphatic heterocycles. The Bertz CT molecular complexity index is 515. The summed E-state index contributed by atoms with van der Waals surface area (Å²) in [5.74, 6) is -0.626. The molecule has 0 unspecified atom stereocenters. The van der Waals surface area contributed by atoms with Crippen molar-refractivity contribution in [2.45, 2.75) is 11.8 Å². The van der Waals surface area contributed by atoms with Crippen LogP contribution in [0.2, 0.25) is 0 Å². The van der Waals surface area contributed by atoms with Gasteiger partial charge in [0, 0.05) is 5.69 Å². The molecule has 1 aromatic rings.